The molecule has 1 N–H and O–H groups in total. The normalized spacial score (nSPS) is 51.4. The van der Waals surface area contributed by atoms with Gasteiger partial charge in [0, 0.05) is 16.7 Å². The van der Waals surface area contributed by atoms with Crippen molar-refractivity contribution in [2.24, 2.45) is 22.7 Å². The van der Waals surface area contributed by atoms with E-state index < -0.39 is 63.2 Å². The van der Waals surface area contributed by atoms with Crippen molar-refractivity contribution in [3.63, 3.8) is 0 Å². The first-order valence-electron chi connectivity index (χ1n) is 11.8. The molecular weight excluding hydrogens is 450 g/mol. The molecule has 0 amide bonds. The van der Waals surface area contributed by atoms with Crippen molar-refractivity contribution in [1.29, 1.82) is 0 Å². The molecule has 9 atom stereocenters. The zero-order valence-corrected chi connectivity index (χ0v) is 20.9. The standard InChI is InChI=1S/C23H28F2O5S.C2H6/c1-19(2)29-17-9-12-13-8-15(24)14-7-11(26)5-6-20(14,3)22(13,25)16(27)10-21(12,4)23(17,30-19)18(28)31;1-2/h5-7,12-13,15-17,27H,8-10H2,1-4H3,(H,28,31);1-2H3/t12?,13?,15-,16?,17+,20?,21?,22-,23-;/m0./s1. The first-order valence-corrected chi connectivity index (χ1v) is 12.3. The van der Waals surface area contributed by atoms with E-state index in [0.29, 0.717) is 6.42 Å². The molecule has 5 aliphatic rings. The minimum atomic E-state index is -2.20. The van der Waals surface area contributed by atoms with Crippen molar-refractivity contribution < 1.29 is 33.0 Å². The number of carbonyl (C=O) groups is 2. The number of hydrogen-bond donors (Lipinski definition) is 2. The number of carbonyl (C=O) groups excluding carboxylic acids is 2. The molecule has 4 aliphatic carbocycles. The number of allylic oxidation sites excluding steroid dienone is 4. The van der Waals surface area contributed by atoms with Gasteiger partial charge in [-0.2, -0.15) is 0 Å². The number of thiol groups is 1. The highest BCUT2D eigenvalue weighted by Gasteiger charge is 2.80. The average molecular weight is 485 g/mol. The van der Waals surface area contributed by atoms with Crippen molar-refractivity contribution in [3.05, 3.63) is 23.8 Å². The number of ketones is 1. The van der Waals surface area contributed by atoms with E-state index >= 15 is 8.78 Å². The number of halogens is 2. The second kappa shape index (κ2) is 7.45. The van der Waals surface area contributed by atoms with Gasteiger partial charge in [-0.25, -0.2) is 8.78 Å². The van der Waals surface area contributed by atoms with E-state index in [1.165, 1.54) is 18.2 Å². The van der Waals surface area contributed by atoms with E-state index in [1.807, 2.05) is 13.8 Å². The summed E-state index contributed by atoms with van der Waals surface area (Å²) >= 11 is 4.14. The Morgan fingerprint density at radius 3 is 2.42 bits per heavy atom. The number of ether oxygens (including phenoxy) is 2. The van der Waals surface area contributed by atoms with Crippen LogP contribution in [0.2, 0.25) is 0 Å². The van der Waals surface area contributed by atoms with Gasteiger partial charge in [-0.1, -0.05) is 26.8 Å². The summed E-state index contributed by atoms with van der Waals surface area (Å²) in [5, 5.41) is 10.8. The molecule has 5 nitrogen and oxygen atoms in total. The monoisotopic (exact) mass is 484 g/mol. The molecule has 0 spiro atoms. The van der Waals surface area contributed by atoms with Gasteiger partial charge in [0.25, 0.3) is 0 Å². The highest BCUT2D eigenvalue weighted by atomic mass is 32.1. The topological polar surface area (TPSA) is 72.8 Å². The molecule has 1 heterocycles. The minimum absolute atomic E-state index is 0.0610. The van der Waals surface area contributed by atoms with Gasteiger partial charge in [-0.15, -0.1) is 12.6 Å². The summed E-state index contributed by atoms with van der Waals surface area (Å²) in [6, 6.07) is 0. The molecular formula is C25H34F2O5S. The van der Waals surface area contributed by atoms with E-state index in [0.717, 1.165) is 0 Å². The first-order chi connectivity index (χ1) is 15.2. The summed E-state index contributed by atoms with van der Waals surface area (Å²) in [4.78, 5) is 24.8. The van der Waals surface area contributed by atoms with Gasteiger partial charge in [0.1, 0.15) is 6.17 Å². The molecule has 0 aromatic heterocycles. The smallest absolute Gasteiger partial charge is 0.221 e. The van der Waals surface area contributed by atoms with E-state index in [1.54, 1.807) is 27.7 Å². The van der Waals surface area contributed by atoms with Crippen LogP contribution in [-0.2, 0) is 19.1 Å². The number of aliphatic hydroxyl groups is 1. The fourth-order valence-electron chi connectivity index (χ4n) is 7.67. The molecule has 5 rings (SSSR count). The van der Waals surface area contributed by atoms with Gasteiger partial charge in [-0.05, 0) is 63.7 Å². The second-order valence-corrected chi connectivity index (χ2v) is 11.2. The zero-order valence-electron chi connectivity index (χ0n) is 20.0. The Hall–Kier alpha value is -1.09. The molecule has 0 radical (unpaired) electrons. The fourth-order valence-corrected chi connectivity index (χ4v) is 8.12. The number of fused-ring (bicyclic) bond motifs is 7. The number of alkyl halides is 2. The highest BCUT2D eigenvalue weighted by Crippen LogP contribution is 2.72. The van der Waals surface area contributed by atoms with Crippen molar-refractivity contribution in [1.82, 2.24) is 0 Å². The van der Waals surface area contributed by atoms with E-state index in [-0.39, 0.29) is 24.2 Å². The van der Waals surface area contributed by atoms with E-state index in [2.05, 4.69) is 12.6 Å². The maximum Gasteiger partial charge on any atom is 0.221 e. The molecule has 3 saturated carbocycles. The van der Waals surface area contributed by atoms with Crippen LogP contribution in [-0.4, -0.2) is 51.4 Å². The Morgan fingerprint density at radius 1 is 1.18 bits per heavy atom. The number of rotatable bonds is 1. The highest BCUT2D eigenvalue weighted by molar-refractivity contribution is 7.96. The molecule has 184 valence electrons. The second-order valence-electron chi connectivity index (χ2n) is 10.7. The predicted octanol–water partition coefficient (Wildman–Crippen LogP) is 4.29. The van der Waals surface area contributed by atoms with Gasteiger partial charge < -0.3 is 14.6 Å². The molecule has 33 heavy (non-hydrogen) atoms. The third kappa shape index (κ3) is 2.87. The molecule has 1 saturated heterocycles. The summed E-state index contributed by atoms with van der Waals surface area (Å²) in [6.07, 6.45) is 0.204. The number of aliphatic hydroxyl groups excluding tert-OH is 1. The lowest BCUT2D eigenvalue weighted by Crippen LogP contribution is -2.70. The Bertz CT molecular complexity index is 949. The Balaban J connectivity index is 0.00000126. The van der Waals surface area contributed by atoms with Crippen LogP contribution in [0.4, 0.5) is 8.78 Å². The molecule has 8 heteroatoms. The Morgan fingerprint density at radius 2 is 1.82 bits per heavy atom. The first kappa shape index (κ1) is 25.0. The Kier molecular flexibility index (Phi) is 5.65. The maximum absolute atomic E-state index is 17.1. The third-order valence-corrected chi connectivity index (χ3v) is 9.27. The SMILES string of the molecule is CC.CC1(C)O[C@@H]2CC3C4C[C@H](F)C5=CC(=O)C=CC5(C)[C@@]4(F)C(O)CC3(C)[C@]2(C(=O)S)O1. The maximum atomic E-state index is 17.1. The quantitative estimate of drug-likeness (QED) is 0.544. The van der Waals surface area contributed by atoms with Crippen molar-refractivity contribution >= 4 is 23.5 Å². The summed E-state index contributed by atoms with van der Waals surface area (Å²) < 4.78 is 44.7. The lowest BCUT2D eigenvalue weighted by atomic mass is 9.44. The van der Waals surface area contributed by atoms with Gasteiger partial charge in [0.15, 0.2) is 22.8 Å². The van der Waals surface area contributed by atoms with Crippen molar-refractivity contribution in [3.8, 4) is 0 Å². The summed E-state index contributed by atoms with van der Waals surface area (Å²) in [5.41, 5.74) is -6.02. The third-order valence-electron chi connectivity index (χ3n) is 8.94. The van der Waals surface area contributed by atoms with Crippen molar-refractivity contribution in [2.75, 3.05) is 0 Å². The van der Waals surface area contributed by atoms with Crippen LogP contribution >= 0.6 is 12.6 Å². The molecule has 0 aromatic rings. The molecule has 0 aromatic carbocycles. The van der Waals surface area contributed by atoms with Crippen LogP contribution in [0.15, 0.2) is 23.8 Å². The molecule has 0 bridgehead atoms. The average Bonchev–Trinajstić information content (AvgIpc) is 3.14. The van der Waals surface area contributed by atoms with Crippen molar-refractivity contribution in [2.45, 2.75) is 96.2 Å². The zero-order chi connectivity index (χ0) is 24.8. The van der Waals surface area contributed by atoms with Crippen LogP contribution in [0.25, 0.3) is 0 Å². The molecule has 1 aliphatic heterocycles. The molecule has 5 unspecified atom stereocenters. The summed E-state index contributed by atoms with van der Waals surface area (Å²) in [5.74, 6) is -2.77. The fraction of sp³-hybridized carbons (Fsp3) is 0.760. The number of hydrogen-bond acceptors (Lipinski definition) is 5. The van der Waals surface area contributed by atoms with Gasteiger partial charge >= 0.3 is 0 Å². The van der Waals surface area contributed by atoms with Gasteiger partial charge in [-0.3, -0.25) is 9.59 Å². The largest absolute Gasteiger partial charge is 0.390 e. The predicted molar refractivity (Wildman–Crippen MR) is 122 cm³/mol. The van der Waals surface area contributed by atoms with Gasteiger partial charge in [0.2, 0.25) is 5.12 Å². The minimum Gasteiger partial charge on any atom is -0.390 e. The molecule has 4 fully saturated rings. The van der Waals surface area contributed by atoms with E-state index in [4.69, 9.17) is 9.47 Å². The Labute approximate surface area is 199 Å². The van der Waals surface area contributed by atoms with Crippen LogP contribution in [0.3, 0.4) is 0 Å². The lowest BCUT2D eigenvalue weighted by molar-refractivity contribution is -0.246. The van der Waals surface area contributed by atoms with Crippen LogP contribution in [0.1, 0.15) is 60.8 Å². The van der Waals surface area contributed by atoms with Crippen LogP contribution in [0, 0.1) is 22.7 Å². The summed E-state index contributed by atoms with van der Waals surface area (Å²) in [7, 11) is 0. The van der Waals surface area contributed by atoms with Crippen LogP contribution in [0.5, 0.6) is 0 Å². The van der Waals surface area contributed by atoms with Gasteiger partial charge in [0.05, 0.1) is 12.2 Å². The summed E-state index contributed by atoms with van der Waals surface area (Å²) in [6.45, 7) is 10.8. The lowest BCUT2D eigenvalue weighted by Gasteiger charge is -2.63. The van der Waals surface area contributed by atoms with E-state index in [9.17, 15) is 14.7 Å². The van der Waals surface area contributed by atoms with Crippen LogP contribution < -0.4 is 0 Å².